The van der Waals surface area contributed by atoms with Crippen LogP contribution in [-0.2, 0) is 4.79 Å². The molecule has 0 aliphatic carbocycles. The van der Waals surface area contributed by atoms with Gasteiger partial charge in [0, 0.05) is 20.8 Å². The maximum atomic E-state index is 13.7. The Kier molecular flexibility index (Phi) is 31.6. The van der Waals surface area contributed by atoms with Gasteiger partial charge < -0.3 is 5.32 Å². The first-order chi connectivity index (χ1) is 26.5. The number of unbranched alkanes of at least 4 members (excludes halogenated alkanes) is 28. The molecular formula is C49H85NO2. The number of Topliss-reactive ketones (excluding diaryl/α,β-unsaturated/α-hetero) is 1. The summed E-state index contributed by atoms with van der Waals surface area (Å²) in [5.74, 6) is -2.22. The molecule has 3 heteroatoms. The van der Waals surface area contributed by atoms with Crippen LogP contribution in [0.3, 0.4) is 0 Å². The normalized spacial score (nSPS) is 14.0. The molecule has 1 amide bonds. The van der Waals surface area contributed by atoms with Gasteiger partial charge in [0.15, 0.2) is 5.78 Å². The Hall–Kier alpha value is -2.16. The summed E-state index contributed by atoms with van der Waals surface area (Å²) < 4.78 is 17.6. The highest BCUT2D eigenvalue weighted by Gasteiger charge is 2.24. The minimum Gasteiger partial charge on any atom is -0.353 e. The molecule has 2 atom stereocenters. The number of benzene rings is 1. The monoisotopic (exact) mass is 722 g/mol. The van der Waals surface area contributed by atoms with Gasteiger partial charge in [0.1, 0.15) is 0 Å². The molecule has 0 heterocycles. The van der Waals surface area contributed by atoms with Gasteiger partial charge in [-0.1, -0.05) is 223 Å². The summed E-state index contributed by atoms with van der Waals surface area (Å²) in [6, 6.07) is 8.02. The molecule has 0 aromatic heterocycles. The number of carbonyl (C=O) groups is 2. The predicted molar refractivity (Wildman–Crippen MR) is 229 cm³/mol. The lowest BCUT2D eigenvalue weighted by Crippen LogP contribution is -2.40. The highest BCUT2D eigenvalue weighted by molar-refractivity contribution is 5.99. The molecule has 0 radical (unpaired) electrons. The van der Waals surface area contributed by atoms with Crippen LogP contribution in [-0.4, -0.2) is 17.7 Å². The van der Waals surface area contributed by atoms with Crippen molar-refractivity contribution in [2.75, 3.05) is 0 Å². The number of nitrogens with one attached hydrogen (secondary N) is 1. The molecule has 0 aliphatic heterocycles. The van der Waals surface area contributed by atoms with E-state index in [1.165, 1.54) is 161 Å². The summed E-state index contributed by atoms with van der Waals surface area (Å²) in [6.45, 7) is 4.32. The molecule has 1 aromatic rings. The van der Waals surface area contributed by atoms with E-state index in [9.17, 15) is 11.0 Å². The van der Waals surface area contributed by atoms with Crippen molar-refractivity contribution < 1.29 is 12.3 Å². The Morgan fingerprint density at radius 2 is 0.942 bits per heavy atom. The lowest BCUT2D eigenvalue weighted by atomic mass is 9.90. The highest BCUT2D eigenvalue weighted by Crippen LogP contribution is 2.18. The van der Waals surface area contributed by atoms with E-state index in [-0.39, 0.29) is 18.6 Å². The number of ketones is 1. The third-order valence-electron chi connectivity index (χ3n) is 10.4. The minimum atomic E-state index is -1.71. The third-order valence-corrected chi connectivity index (χ3v) is 10.4. The fourth-order valence-electron chi connectivity index (χ4n) is 7.00. The van der Waals surface area contributed by atoms with E-state index >= 15 is 0 Å². The van der Waals surface area contributed by atoms with Gasteiger partial charge in [-0.3, -0.25) is 9.59 Å². The molecular weight excluding hydrogens is 635 g/mol. The molecule has 52 heavy (non-hydrogen) atoms. The van der Waals surface area contributed by atoms with Gasteiger partial charge in [-0.2, -0.15) is 0 Å². The van der Waals surface area contributed by atoms with Gasteiger partial charge in [-0.15, -0.1) is 0 Å². The van der Waals surface area contributed by atoms with Gasteiger partial charge in [0.25, 0.3) is 0 Å². The van der Waals surface area contributed by atoms with Crippen LogP contribution in [0.4, 0.5) is 0 Å². The Bertz CT molecular complexity index is 1060. The van der Waals surface area contributed by atoms with Crippen LogP contribution in [0.25, 0.3) is 0 Å². The number of amides is 1. The molecule has 3 nitrogen and oxygen atoms in total. The maximum absolute atomic E-state index is 13.7. The lowest BCUT2D eigenvalue weighted by Gasteiger charge is -2.21. The largest absolute Gasteiger partial charge is 0.353 e. The van der Waals surface area contributed by atoms with E-state index in [4.69, 9.17) is 1.37 Å². The van der Waals surface area contributed by atoms with Crippen LogP contribution < -0.4 is 5.32 Å². The Morgan fingerprint density at radius 1 is 0.558 bits per heavy atom. The number of allylic oxidation sites excluding steroid dienone is 3. The molecule has 0 saturated carbocycles. The summed E-state index contributed by atoms with van der Waals surface area (Å²) in [4.78, 5) is 26.7. The van der Waals surface area contributed by atoms with Gasteiger partial charge in [0.05, 0.1) is 5.89 Å². The van der Waals surface area contributed by atoms with Gasteiger partial charge in [-0.05, 0) is 51.8 Å². The average Bonchev–Trinajstić information content (AvgIpc) is 3.19. The SMILES string of the molecule is [2H]C[C@@H](NC(=O)CCCCCCCCCCCCCC=CCCCCCCCC)[C@]([2H])(/C=C/CCCCCCCCCCCCC)C(=O)c1ccccc1. The van der Waals surface area contributed by atoms with Crippen molar-refractivity contribution in [3.8, 4) is 0 Å². The summed E-state index contributed by atoms with van der Waals surface area (Å²) >= 11 is 0. The lowest BCUT2D eigenvalue weighted by molar-refractivity contribution is -0.121. The molecule has 1 N–H and O–H groups in total. The second kappa shape index (κ2) is 37.2. The molecule has 0 spiro atoms. The van der Waals surface area contributed by atoms with Crippen molar-refractivity contribution in [3.63, 3.8) is 0 Å². The van der Waals surface area contributed by atoms with Crippen molar-refractivity contribution in [2.24, 2.45) is 5.89 Å². The fraction of sp³-hybridized carbons (Fsp3) is 0.755. The van der Waals surface area contributed by atoms with E-state index in [1.807, 2.05) is 12.1 Å². The van der Waals surface area contributed by atoms with E-state index < -0.39 is 11.9 Å². The summed E-state index contributed by atoms with van der Waals surface area (Å²) in [5.41, 5.74) is 0.446. The van der Waals surface area contributed by atoms with Crippen LogP contribution in [0, 0.1) is 5.89 Å². The van der Waals surface area contributed by atoms with Crippen LogP contribution in [0.2, 0.25) is 0 Å². The average molecular weight is 722 g/mol. The van der Waals surface area contributed by atoms with Crippen molar-refractivity contribution in [1.82, 2.24) is 5.32 Å². The Balaban J connectivity index is 2.27. The van der Waals surface area contributed by atoms with E-state index in [2.05, 4.69) is 31.3 Å². The molecule has 0 bridgehead atoms. The minimum absolute atomic E-state index is 0.156. The van der Waals surface area contributed by atoms with Crippen molar-refractivity contribution in [2.45, 2.75) is 232 Å². The second-order valence-electron chi connectivity index (χ2n) is 15.5. The first kappa shape index (κ1) is 44.2. The summed E-state index contributed by atoms with van der Waals surface area (Å²) in [6.07, 6.45) is 47.9. The standard InChI is InChI=1S/C49H85NO2/c1-4-6-8-10-12-14-16-18-19-20-21-22-23-24-25-27-29-31-33-35-40-44-48(51)50-45(3)47(49(52)46-41-37-36-38-42-46)43-39-34-32-30-28-26-17-15-13-11-9-7-5-2/h18-19,36-39,41-43,45,47H,4-17,20-35,40,44H2,1-3H3,(H,50,51)/b19-18?,43-39+/t45-,47+/m1/s1/i3D,47D. The third kappa shape index (κ3) is 29.3. The van der Waals surface area contributed by atoms with E-state index in [0.717, 1.165) is 38.5 Å². The van der Waals surface area contributed by atoms with Crippen LogP contribution in [0.15, 0.2) is 54.6 Å². The molecule has 298 valence electrons. The van der Waals surface area contributed by atoms with Crippen LogP contribution in [0.1, 0.15) is 239 Å². The Labute approximate surface area is 326 Å². The second-order valence-corrected chi connectivity index (χ2v) is 15.5. The molecule has 0 fully saturated rings. The zero-order valence-electron chi connectivity index (χ0n) is 36.4. The smallest absolute Gasteiger partial charge is 0.220 e. The van der Waals surface area contributed by atoms with E-state index in [0.29, 0.717) is 12.0 Å². The van der Waals surface area contributed by atoms with Crippen LogP contribution >= 0.6 is 0 Å². The molecule has 0 unspecified atom stereocenters. The van der Waals surface area contributed by atoms with Crippen molar-refractivity contribution in [1.29, 1.82) is 0 Å². The molecule has 1 rings (SSSR count). The highest BCUT2D eigenvalue weighted by atomic mass is 16.2. The number of hydrogen-bond donors (Lipinski definition) is 1. The Morgan fingerprint density at radius 3 is 1.37 bits per heavy atom. The van der Waals surface area contributed by atoms with Crippen molar-refractivity contribution >= 4 is 11.7 Å². The first-order valence-electron chi connectivity index (χ1n) is 23.7. The number of hydrogen-bond acceptors (Lipinski definition) is 2. The van der Waals surface area contributed by atoms with Gasteiger partial charge >= 0.3 is 0 Å². The first-order valence-corrected chi connectivity index (χ1v) is 22.5. The van der Waals surface area contributed by atoms with Crippen LogP contribution in [0.5, 0.6) is 0 Å². The predicted octanol–water partition coefficient (Wildman–Crippen LogP) is 15.6. The molecule has 1 aromatic carbocycles. The van der Waals surface area contributed by atoms with Crippen molar-refractivity contribution in [3.05, 3.63) is 60.2 Å². The van der Waals surface area contributed by atoms with E-state index in [1.54, 1.807) is 30.3 Å². The quantitative estimate of drug-likeness (QED) is 0.0420. The number of carbonyl (C=O) groups excluding carboxylic acids is 2. The zero-order chi connectivity index (χ0) is 39.2. The topological polar surface area (TPSA) is 46.2 Å². The maximum Gasteiger partial charge on any atom is 0.220 e. The zero-order valence-corrected chi connectivity index (χ0v) is 34.4. The van der Waals surface area contributed by atoms with Gasteiger partial charge in [-0.25, -0.2) is 0 Å². The summed E-state index contributed by atoms with van der Waals surface area (Å²) in [7, 11) is 0. The fourth-order valence-corrected chi connectivity index (χ4v) is 7.00. The molecule has 0 saturated heterocycles. The number of rotatable bonds is 38. The molecule has 0 aliphatic rings. The van der Waals surface area contributed by atoms with Gasteiger partial charge in [0.2, 0.25) is 5.91 Å². The summed E-state index contributed by atoms with van der Waals surface area (Å²) in [5, 5.41) is 2.93.